The fourth-order valence-electron chi connectivity index (χ4n) is 2.98. The number of nitrogens with zero attached hydrogens (tertiary/aromatic N) is 2. The monoisotopic (exact) mass is 589 g/mol. The predicted octanol–water partition coefficient (Wildman–Crippen LogP) is 5.03. The quantitative estimate of drug-likeness (QED) is 0.175. The average molecular weight is 590 g/mol. The van der Waals surface area contributed by atoms with Gasteiger partial charge in [0.1, 0.15) is 10.6 Å². The van der Waals surface area contributed by atoms with Crippen molar-refractivity contribution in [2.75, 3.05) is 7.11 Å². The predicted molar refractivity (Wildman–Crippen MR) is 139 cm³/mol. The van der Waals surface area contributed by atoms with Crippen LogP contribution in [0.5, 0.6) is 11.5 Å². The fourth-order valence-corrected chi connectivity index (χ4v) is 5.35. The van der Waals surface area contributed by atoms with Crippen LogP contribution in [0.3, 0.4) is 0 Å². The van der Waals surface area contributed by atoms with Crippen molar-refractivity contribution >= 4 is 66.3 Å². The van der Waals surface area contributed by atoms with Crippen LogP contribution in [0.4, 0.5) is 11.4 Å². The van der Waals surface area contributed by atoms with Crippen LogP contribution in [0.15, 0.2) is 86.0 Å². The Bertz CT molecular complexity index is 1500. The molecule has 1 amide bonds. The normalized spacial score (nSPS) is 15.7. The molecule has 0 aliphatic carbocycles. The molecule has 3 aromatic carbocycles. The van der Waals surface area contributed by atoms with Crippen LogP contribution in [-0.2, 0) is 14.9 Å². The van der Waals surface area contributed by atoms with Crippen molar-refractivity contribution in [2.45, 2.75) is 4.90 Å². The van der Waals surface area contributed by atoms with Gasteiger partial charge in [-0.15, -0.1) is 0 Å². The maximum Gasteiger partial charge on any atom is 0.339 e. The maximum absolute atomic E-state index is 12.6. The summed E-state index contributed by atoms with van der Waals surface area (Å²) >= 11 is 4.45. The lowest BCUT2D eigenvalue weighted by molar-refractivity contribution is -0.384. The molecule has 1 fully saturated rings. The summed E-state index contributed by atoms with van der Waals surface area (Å²) in [6.07, 6.45) is 1.63. The summed E-state index contributed by atoms with van der Waals surface area (Å²) in [6.45, 7) is 0. The number of aliphatic imine (C=N–C) groups is 1. The summed E-state index contributed by atoms with van der Waals surface area (Å²) < 4.78 is 35.8. The van der Waals surface area contributed by atoms with Crippen molar-refractivity contribution in [3.8, 4) is 11.5 Å². The van der Waals surface area contributed by atoms with Crippen LogP contribution in [-0.4, -0.2) is 31.5 Å². The van der Waals surface area contributed by atoms with Crippen LogP contribution < -0.4 is 14.2 Å². The molecule has 0 aromatic heterocycles. The second kappa shape index (κ2) is 10.5. The number of hydrogen-bond donors (Lipinski definition) is 1. The standard InChI is InChI=1S/C23H16BrN3O7S2/c1-33-17-7-3-15(4-8-17)25-23-26-22(28)21(35-23)13-14-2-11-20(19(24)12-14)34-36(31,32)18-9-5-16(6-10-18)27(29)30/h2-13H,1H3,(H,25,26,28)/b21-13-. The molecule has 0 bridgehead atoms. The lowest BCUT2D eigenvalue weighted by Crippen LogP contribution is -2.19. The van der Waals surface area contributed by atoms with Gasteiger partial charge in [0, 0.05) is 12.1 Å². The molecule has 1 heterocycles. The zero-order chi connectivity index (χ0) is 25.9. The van der Waals surface area contributed by atoms with Crippen LogP contribution in [0, 0.1) is 10.1 Å². The number of nitro groups is 1. The topological polar surface area (TPSA) is 137 Å². The Morgan fingerprint density at radius 2 is 1.78 bits per heavy atom. The number of non-ortho nitro benzene ring substituents is 1. The van der Waals surface area contributed by atoms with E-state index < -0.39 is 15.0 Å². The number of methoxy groups -OCH3 is 1. The molecule has 1 saturated heterocycles. The Kier molecular flexibility index (Phi) is 7.43. The molecule has 0 saturated carbocycles. The van der Waals surface area contributed by atoms with Crippen molar-refractivity contribution in [1.29, 1.82) is 0 Å². The molecule has 36 heavy (non-hydrogen) atoms. The van der Waals surface area contributed by atoms with Crippen molar-refractivity contribution in [1.82, 2.24) is 5.32 Å². The molecule has 4 rings (SSSR count). The lowest BCUT2D eigenvalue weighted by Gasteiger charge is -2.09. The Morgan fingerprint density at radius 3 is 2.39 bits per heavy atom. The second-order valence-electron chi connectivity index (χ2n) is 7.16. The first-order valence-electron chi connectivity index (χ1n) is 10.1. The van der Waals surface area contributed by atoms with Gasteiger partial charge in [-0.3, -0.25) is 14.9 Å². The minimum atomic E-state index is -4.22. The summed E-state index contributed by atoms with van der Waals surface area (Å²) in [7, 11) is -2.65. The highest BCUT2D eigenvalue weighted by atomic mass is 79.9. The number of nitrogens with one attached hydrogen (secondary N) is 1. The van der Waals surface area contributed by atoms with Crippen LogP contribution in [0.1, 0.15) is 5.56 Å². The fraction of sp³-hybridized carbons (Fsp3) is 0.0435. The molecule has 184 valence electrons. The summed E-state index contributed by atoms with van der Waals surface area (Å²) in [5.74, 6) is 0.395. The van der Waals surface area contributed by atoms with Crippen molar-refractivity contribution in [3.63, 3.8) is 0 Å². The summed E-state index contributed by atoms with van der Waals surface area (Å²) in [5.41, 5.74) is 1.03. The van der Waals surface area contributed by atoms with E-state index in [-0.39, 0.29) is 22.2 Å². The molecule has 0 spiro atoms. The zero-order valence-electron chi connectivity index (χ0n) is 18.4. The number of nitro benzene ring substituents is 1. The largest absolute Gasteiger partial charge is 0.497 e. The molecule has 0 atom stereocenters. The van der Waals surface area contributed by atoms with Gasteiger partial charge in [0.2, 0.25) is 0 Å². The van der Waals surface area contributed by atoms with E-state index >= 15 is 0 Å². The molecule has 0 unspecified atom stereocenters. The van der Waals surface area contributed by atoms with Crippen LogP contribution in [0.2, 0.25) is 0 Å². The van der Waals surface area contributed by atoms with Crippen LogP contribution >= 0.6 is 27.7 Å². The van der Waals surface area contributed by atoms with E-state index in [2.05, 4.69) is 26.2 Å². The number of carbonyl (C=O) groups excluding carboxylic acids is 1. The number of carbonyl (C=O) groups is 1. The Labute approximate surface area is 218 Å². The summed E-state index contributed by atoms with van der Waals surface area (Å²) in [5, 5.41) is 13.9. The highest BCUT2D eigenvalue weighted by Gasteiger charge is 2.24. The molecule has 10 nitrogen and oxygen atoms in total. The minimum Gasteiger partial charge on any atom is -0.497 e. The third kappa shape index (κ3) is 5.93. The highest BCUT2D eigenvalue weighted by molar-refractivity contribution is 9.10. The number of amides is 1. The van der Waals surface area contributed by atoms with E-state index in [4.69, 9.17) is 8.92 Å². The van der Waals surface area contributed by atoms with Gasteiger partial charge in [-0.1, -0.05) is 6.07 Å². The van der Waals surface area contributed by atoms with Gasteiger partial charge in [0.25, 0.3) is 11.6 Å². The van der Waals surface area contributed by atoms with Gasteiger partial charge in [0.05, 0.1) is 27.1 Å². The van der Waals surface area contributed by atoms with Crippen molar-refractivity contribution in [3.05, 3.63) is 91.8 Å². The first-order valence-corrected chi connectivity index (χ1v) is 13.1. The van der Waals surface area contributed by atoms with Gasteiger partial charge in [-0.2, -0.15) is 8.42 Å². The first kappa shape index (κ1) is 25.4. The molecule has 0 radical (unpaired) electrons. The number of amidine groups is 1. The number of ether oxygens (including phenoxy) is 1. The average Bonchev–Trinajstić information content (AvgIpc) is 3.19. The lowest BCUT2D eigenvalue weighted by atomic mass is 10.2. The van der Waals surface area contributed by atoms with Gasteiger partial charge < -0.3 is 14.2 Å². The number of hydrogen-bond acceptors (Lipinski definition) is 9. The Morgan fingerprint density at radius 1 is 1.08 bits per heavy atom. The van der Waals surface area contributed by atoms with Crippen LogP contribution in [0.25, 0.3) is 6.08 Å². The van der Waals surface area contributed by atoms with Gasteiger partial charge in [0.15, 0.2) is 10.9 Å². The molecular formula is C23H16BrN3O7S2. The van der Waals surface area contributed by atoms with Gasteiger partial charge >= 0.3 is 10.1 Å². The molecule has 1 aliphatic heterocycles. The van der Waals surface area contributed by atoms with Crippen molar-refractivity contribution < 1.29 is 27.1 Å². The highest BCUT2D eigenvalue weighted by Crippen LogP contribution is 2.33. The second-order valence-corrected chi connectivity index (χ2v) is 10.6. The molecule has 1 N–H and O–H groups in total. The number of benzene rings is 3. The first-order chi connectivity index (χ1) is 17.1. The van der Waals surface area contributed by atoms with E-state index in [0.717, 1.165) is 24.3 Å². The molecule has 13 heteroatoms. The Balaban J connectivity index is 1.49. The molecule has 1 aliphatic rings. The van der Waals surface area contributed by atoms with E-state index in [1.165, 1.54) is 17.8 Å². The molecule has 3 aromatic rings. The summed E-state index contributed by atoms with van der Waals surface area (Å²) in [4.78, 5) is 27.1. The number of thioether (sulfide) groups is 1. The number of rotatable bonds is 7. The third-order valence-corrected chi connectivity index (χ3v) is 7.52. The Hall–Kier alpha value is -3.68. The van der Waals surface area contributed by atoms with E-state index in [1.54, 1.807) is 49.6 Å². The smallest absolute Gasteiger partial charge is 0.339 e. The van der Waals surface area contributed by atoms with E-state index in [0.29, 0.717) is 31.5 Å². The SMILES string of the molecule is COc1ccc(N=C2NC(=O)/C(=C/c3ccc(OS(=O)(=O)c4ccc([N+](=O)[O-])cc4)c(Br)c3)S2)cc1. The van der Waals surface area contributed by atoms with E-state index in [1.807, 2.05) is 0 Å². The summed E-state index contributed by atoms with van der Waals surface area (Å²) in [6, 6.07) is 16.0. The maximum atomic E-state index is 12.6. The van der Waals surface area contributed by atoms with Gasteiger partial charge in [-0.25, -0.2) is 4.99 Å². The van der Waals surface area contributed by atoms with E-state index in [9.17, 15) is 23.3 Å². The van der Waals surface area contributed by atoms with Gasteiger partial charge in [-0.05, 0) is 87.9 Å². The minimum absolute atomic E-state index is 0.0146. The molecular weight excluding hydrogens is 574 g/mol. The number of halogens is 1. The third-order valence-electron chi connectivity index (χ3n) is 4.74. The zero-order valence-corrected chi connectivity index (χ0v) is 21.6. The van der Waals surface area contributed by atoms with Crippen molar-refractivity contribution in [2.24, 2.45) is 4.99 Å².